The van der Waals surface area contributed by atoms with Gasteiger partial charge in [0.2, 0.25) is 0 Å². The van der Waals surface area contributed by atoms with Gasteiger partial charge in [-0.15, -0.1) is 0 Å². The predicted octanol–water partition coefficient (Wildman–Crippen LogP) is 3.40. The van der Waals surface area contributed by atoms with Gasteiger partial charge in [0, 0.05) is 6.54 Å². The van der Waals surface area contributed by atoms with Crippen LogP contribution in [0.4, 0.5) is 0 Å². The molecule has 1 N–H and O–H groups in total. The van der Waals surface area contributed by atoms with Gasteiger partial charge in [-0.2, -0.15) is 0 Å². The lowest BCUT2D eigenvalue weighted by molar-refractivity contribution is 0.921. The van der Waals surface area contributed by atoms with Gasteiger partial charge in [0.25, 0.3) is 0 Å². The van der Waals surface area contributed by atoms with Gasteiger partial charge in [0.05, 0.1) is 16.7 Å². The fourth-order valence-corrected chi connectivity index (χ4v) is 2.43. The van der Waals surface area contributed by atoms with Crippen molar-refractivity contribution < 1.29 is 0 Å². The van der Waals surface area contributed by atoms with Gasteiger partial charge in [-0.05, 0) is 24.6 Å². The Kier molecular flexibility index (Phi) is 3.88. The van der Waals surface area contributed by atoms with E-state index in [2.05, 4.69) is 27.4 Å². The first kappa shape index (κ1) is 13.6. The van der Waals surface area contributed by atoms with E-state index in [0.717, 1.165) is 22.4 Å². The van der Waals surface area contributed by atoms with Gasteiger partial charge < -0.3 is 5.32 Å². The number of aryl methyl sites for hydroxylation is 1. The summed E-state index contributed by atoms with van der Waals surface area (Å²) in [4.78, 5) is 9.82. The third-order valence-corrected chi connectivity index (χ3v) is 3.59. The van der Waals surface area contributed by atoms with Gasteiger partial charge >= 0.3 is 0 Å². The Morgan fingerprint density at radius 3 is 2.29 bits per heavy atom. The number of hydrogen-bond donors (Lipinski definition) is 1. The Morgan fingerprint density at radius 2 is 1.57 bits per heavy atom. The molecule has 0 radical (unpaired) electrons. The highest BCUT2D eigenvalue weighted by atomic mass is 32.1. The van der Waals surface area contributed by atoms with E-state index in [4.69, 9.17) is 12.2 Å². The molecule has 0 spiro atoms. The lowest BCUT2D eigenvalue weighted by Crippen LogP contribution is -2.24. The Balaban J connectivity index is 1.82. The molecule has 0 aliphatic rings. The summed E-state index contributed by atoms with van der Waals surface area (Å²) in [6.45, 7) is 2.62. The van der Waals surface area contributed by atoms with Crippen molar-refractivity contribution in [3.05, 3.63) is 71.5 Å². The highest BCUT2D eigenvalue weighted by molar-refractivity contribution is 7.80. The Morgan fingerprint density at radius 1 is 0.952 bits per heavy atom. The fourth-order valence-electron chi connectivity index (χ4n) is 2.17. The maximum absolute atomic E-state index is 5.46. The highest BCUT2D eigenvalue weighted by Crippen LogP contribution is 2.12. The molecule has 3 nitrogen and oxygen atoms in total. The summed E-state index contributed by atoms with van der Waals surface area (Å²) in [7, 11) is 0. The van der Waals surface area contributed by atoms with Crippen LogP contribution in [0.5, 0.6) is 0 Å². The van der Waals surface area contributed by atoms with E-state index in [1.807, 2.05) is 49.4 Å². The molecule has 4 heteroatoms. The fraction of sp³-hybridized carbons (Fsp3) is 0.118. The number of hydrogen-bond acceptors (Lipinski definition) is 3. The molecule has 0 saturated heterocycles. The average Bonchev–Trinajstić information content (AvgIpc) is 2.53. The van der Waals surface area contributed by atoms with Gasteiger partial charge in [0.1, 0.15) is 10.7 Å². The lowest BCUT2D eigenvalue weighted by atomic mass is 10.2. The summed E-state index contributed by atoms with van der Waals surface area (Å²) in [6, 6.07) is 18.0. The van der Waals surface area contributed by atoms with Crippen LogP contribution in [0, 0.1) is 6.92 Å². The van der Waals surface area contributed by atoms with Gasteiger partial charge in [-0.3, -0.25) is 0 Å². The molecular formula is C17H15N3S. The monoisotopic (exact) mass is 293 g/mol. The predicted molar refractivity (Wildman–Crippen MR) is 89.3 cm³/mol. The molecule has 21 heavy (non-hydrogen) atoms. The molecule has 0 aliphatic carbocycles. The summed E-state index contributed by atoms with van der Waals surface area (Å²) in [5.74, 6) is 0. The van der Waals surface area contributed by atoms with E-state index in [9.17, 15) is 0 Å². The first-order valence-electron chi connectivity index (χ1n) is 6.79. The summed E-state index contributed by atoms with van der Waals surface area (Å²) in [6.07, 6.45) is 0. The Hall–Kier alpha value is -2.33. The van der Waals surface area contributed by atoms with Crippen molar-refractivity contribution in [3.8, 4) is 0 Å². The maximum Gasteiger partial charge on any atom is 0.127 e. The standard InChI is InChI=1S/C17H15N3S/c1-12-16(20-15-10-6-5-9-14(15)19-12)17(21)18-11-13-7-3-2-4-8-13/h2-10H,11H2,1H3,(H,18,21). The molecule has 0 saturated carbocycles. The van der Waals surface area contributed by atoms with Crippen LogP contribution >= 0.6 is 12.2 Å². The summed E-state index contributed by atoms with van der Waals surface area (Å²) in [5, 5.41) is 3.25. The normalized spacial score (nSPS) is 10.5. The quantitative estimate of drug-likeness (QED) is 0.751. The zero-order chi connectivity index (χ0) is 14.7. The van der Waals surface area contributed by atoms with Gasteiger partial charge in [0.15, 0.2) is 0 Å². The molecule has 1 aromatic heterocycles. The molecule has 0 aliphatic heterocycles. The molecule has 3 rings (SSSR count). The summed E-state index contributed by atoms with van der Waals surface area (Å²) < 4.78 is 0. The van der Waals surface area contributed by atoms with Crippen LogP contribution in [-0.4, -0.2) is 15.0 Å². The number of thiocarbonyl (C=S) groups is 1. The van der Waals surface area contributed by atoms with Crippen LogP contribution in [0.25, 0.3) is 11.0 Å². The molecule has 0 fully saturated rings. The van der Waals surface area contributed by atoms with Crippen molar-refractivity contribution in [1.29, 1.82) is 0 Å². The van der Waals surface area contributed by atoms with Crippen LogP contribution in [-0.2, 0) is 6.54 Å². The van der Waals surface area contributed by atoms with Crippen LogP contribution in [0.3, 0.4) is 0 Å². The molecule has 1 heterocycles. The van der Waals surface area contributed by atoms with E-state index in [1.54, 1.807) is 0 Å². The van der Waals surface area contributed by atoms with E-state index in [-0.39, 0.29) is 0 Å². The van der Waals surface area contributed by atoms with Crippen molar-refractivity contribution in [1.82, 2.24) is 15.3 Å². The zero-order valence-electron chi connectivity index (χ0n) is 11.7. The number of para-hydroxylation sites is 2. The smallest absolute Gasteiger partial charge is 0.127 e. The second-order valence-corrected chi connectivity index (χ2v) is 5.22. The summed E-state index contributed by atoms with van der Waals surface area (Å²) in [5.41, 5.74) is 4.54. The lowest BCUT2D eigenvalue weighted by Gasteiger charge is -2.10. The topological polar surface area (TPSA) is 37.8 Å². The number of aromatic nitrogens is 2. The van der Waals surface area contributed by atoms with Crippen molar-refractivity contribution >= 4 is 28.2 Å². The van der Waals surface area contributed by atoms with Crippen LogP contribution in [0.2, 0.25) is 0 Å². The molecule has 2 aromatic carbocycles. The average molecular weight is 293 g/mol. The van der Waals surface area contributed by atoms with E-state index in [0.29, 0.717) is 11.5 Å². The molecule has 0 amide bonds. The second kappa shape index (κ2) is 5.97. The molecule has 104 valence electrons. The first-order valence-corrected chi connectivity index (χ1v) is 7.20. The second-order valence-electron chi connectivity index (χ2n) is 4.81. The molecule has 3 aromatic rings. The van der Waals surface area contributed by atoms with Crippen LogP contribution < -0.4 is 5.32 Å². The van der Waals surface area contributed by atoms with Crippen molar-refractivity contribution in [2.75, 3.05) is 0 Å². The van der Waals surface area contributed by atoms with Crippen molar-refractivity contribution in [2.24, 2.45) is 0 Å². The number of fused-ring (bicyclic) bond motifs is 1. The van der Waals surface area contributed by atoms with Gasteiger partial charge in [-0.25, -0.2) is 9.97 Å². The molecule has 0 bridgehead atoms. The minimum Gasteiger partial charge on any atom is -0.370 e. The molecule has 0 unspecified atom stereocenters. The first-order chi connectivity index (χ1) is 10.2. The van der Waals surface area contributed by atoms with Crippen molar-refractivity contribution in [3.63, 3.8) is 0 Å². The minimum absolute atomic E-state index is 0.634. The third-order valence-electron chi connectivity index (χ3n) is 3.26. The number of benzene rings is 2. The van der Waals surface area contributed by atoms with E-state index < -0.39 is 0 Å². The highest BCUT2D eigenvalue weighted by Gasteiger charge is 2.09. The largest absolute Gasteiger partial charge is 0.370 e. The van der Waals surface area contributed by atoms with E-state index >= 15 is 0 Å². The van der Waals surface area contributed by atoms with Crippen molar-refractivity contribution in [2.45, 2.75) is 13.5 Å². The van der Waals surface area contributed by atoms with Crippen LogP contribution in [0.15, 0.2) is 54.6 Å². The minimum atomic E-state index is 0.634. The number of nitrogens with one attached hydrogen (secondary N) is 1. The van der Waals surface area contributed by atoms with Crippen LogP contribution in [0.1, 0.15) is 17.0 Å². The third kappa shape index (κ3) is 3.06. The number of nitrogens with zero attached hydrogens (tertiary/aromatic N) is 2. The maximum atomic E-state index is 5.46. The SMILES string of the molecule is Cc1nc2ccccc2nc1C(=S)NCc1ccccc1. The molecule has 0 atom stereocenters. The zero-order valence-corrected chi connectivity index (χ0v) is 12.5. The summed E-state index contributed by atoms with van der Waals surface area (Å²) >= 11 is 5.46. The Labute approximate surface area is 129 Å². The molecular weight excluding hydrogens is 278 g/mol. The number of rotatable bonds is 3. The van der Waals surface area contributed by atoms with E-state index in [1.165, 1.54) is 5.56 Å². The Bertz CT molecular complexity index is 784. The van der Waals surface area contributed by atoms with Gasteiger partial charge in [-0.1, -0.05) is 54.7 Å².